The molecular formula is C18H18FN3O2. The maximum absolute atomic E-state index is 12.8. The summed E-state index contributed by atoms with van der Waals surface area (Å²) in [7, 11) is 0. The molecule has 0 bridgehead atoms. The lowest BCUT2D eigenvalue weighted by molar-refractivity contribution is -0.120. The van der Waals surface area contributed by atoms with Gasteiger partial charge in [-0.2, -0.15) is 5.10 Å². The van der Waals surface area contributed by atoms with Crippen molar-refractivity contribution in [2.75, 3.05) is 0 Å². The van der Waals surface area contributed by atoms with E-state index in [9.17, 15) is 14.0 Å². The molecule has 0 spiro atoms. The predicted octanol–water partition coefficient (Wildman–Crippen LogP) is 2.64. The summed E-state index contributed by atoms with van der Waals surface area (Å²) in [5.41, 5.74) is 4.19. The number of rotatable bonds is 6. The van der Waals surface area contributed by atoms with Crippen LogP contribution >= 0.6 is 0 Å². The van der Waals surface area contributed by atoms with Crippen LogP contribution in [0.1, 0.15) is 29.3 Å². The Morgan fingerprint density at radius 2 is 1.71 bits per heavy atom. The highest BCUT2D eigenvalue weighted by Crippen LogP contribution is 2.02. The molecule has 2 aromatic carbocycles. The van der Waals surface area contributed by atoms with E-state index in [1.165, 1.54) is 12.1 Å². The van der Waals surface area contributed by atoms with Gasteiger partial charge in [-0.05, 0) is 36.8 Å². The standard InChI is InChI=1S/C18H18FN3O2/c1-13(21-22-18(24)15-5-3-2-4-6-15)11-17(23)20-12-14-7-9-16(19)10-8-14/h2-10H,11-12H2,1H3,(H,20,23)(H,22,24)/b21-13+. The highest BCUT2D eigenvalue weighted by atomic mass is 19.1. The summed E-state index contributed by atoms with van der Waals surface area (Å²) >= 11 is 0. The maximum atomic E-state index is 12.8. The highest BCUT2D eigenvalue weighted by molar-refractivity contribution is 6.01. The number of hydrazone groups is 1. The first-order valence-electron chi connectivity index (χ1n) is 7.44. The largest absolute Gasteiger partial charge is 0.352 e. The fourth-order valence-corrected chi connectivity index (χ4v) is 1.94. The lowest BCUT2D eigenvalue weighted by Crippen LogP contribution is -2.26. The number of amides is 2. The van der Waals surface area contributed by atoms with Crippen LogP contribution in [0.2, 0.25) is 0 Å². The van der Waals surface area contributed by atoms with Gasteiger partial charge in [0, 0.05) is 17.8 Å². The second-order valence-electron chi connectivity index (χ2n) is 5.23. The number of hydrogen-bond donors (Lipinski definition) is 2. The summed E-state index contributed by atoms with van der Waals surface area (Å²) in [6.07, 6.45) is 0.0657. The molecule has 2 N–H and O–H groups in total. The summed E-state index contributed by atoms with van der Waals surface area (Å²) in [5, 5.41) is 6.63. The molecule has 0 saturated heterocycles. The van der Waals surface area contributed by atoms with E-state index in [4.69, 9.17) is 0 Å². The Bertz CT molecular complexity index is 728. The molecule has 0 aliphatic heterocycles. The minimum absolute atomic E-state index is 0.0657. The van der Waals surface area contributed by atoms with Crippen molar-refractivity contribution in [3.63, 3.8) is 0 Å². The molecule has 6 heteroatoms. The first-order valence-corrected chi connectivity index (χ1v) is 7.44. The maximum Gasteiger partial charge on any atom is 0.271 e. The van der Waals surface area contributed by atoms with Crippen molar-refractivity contribution in [3.05, 3.63) is 71.5 Å². The van der Waals surface area contributed by atoms with E-state index >= 15 is 0 Å². The molecular weight excluding hydrogens is 309 g/mol. The van der Waals surface area contributed by atoms with Gasteiger partial charge >= 0.3 is 0 Å². The van der Waals surface area contributed by atoms with E-state index < -0.39 is 0 Å². The van der Waals surface area contributed by atoms with E-state index in [0.29, 0.717) is 17.8 Å². The van der Waals surface area contributed by atoms with Crippen LogP contribution in [0.25, 0.3) is 0 Å². The first-order chi connectivity index (χ1) is 11.5. The topological polar surface area (TPSA) is 70.6 Å². The van der Waals surface area contributed by atoms with E-state index in [2.05, 4.69) is 15.8 Å². The third kappa shape index (κ3) is 5.64. The van der Waals surface area contributed by atoms with Gasteiger partial charge in [-0.25, -0.2) is 9.82 Å². The van der Waals surface area contributed by atoms with Gasteiger partial charge in [0.25, 0.3) is 5.91 Å². The van der Waals surface area contributed by atoms with Crippen molar-refractivity contribution in [2.45, 2.75) is 19.9 Å². The number of benzene rings is 2. The van der Waals surface area contributed by atoms with Gasteiger partial charge in [-0.15, -0.1) is 0 Å². The van der Waals surface area contributed by atoms with Crippen molar-refractivity contribution < 1.29 is 14.0 Å². The highest BCUT2D eigenvalue weighted by Gasteiger charge is 2.06. The molecule has 0 saturated carbocycles. The van der Waals surface area contributed by atoms with Crippen LogP contribution in [0.4, 0.5) is 4.39 Å². The predicted molar refractivity (Wildman–Crippen MR) is 89.9 cm³/mol. The summed E-state index contributed by atoms with van der Waals surface area (Å²) in [6.45, 7) is 1.96. The molecule has 0 radical (unpaired) electrons. The Labute approximate surface area is 139 Å². The van der Waals surface area contributed by atoms with E-state index in [1.807, 2.05) is 6.07 Å². The fourth-order valence-electron chi connectivity index (χ4n) is 1.94. The second-order valence-corrected chi connectivity index (χ2v) is 5.23. The van der Waals surface area contributed by atoms with Gasteiger partial charge in [0.2, 0.25) is 5.91 Å². The van der Waals surface area contributed by atoms with Gasteiger partial charge in [0.05, 0.1) is 6.42 Å². The molecule has 124 valence electrons. The molecule has 0 heterocycles. The molecule has 0 aromatic heterocycles. The molecule has 2 rings (SSSR count). The van der Waals surface area contributed by atoms with Crippen molar-refractivity contribution in [1.29, 1.82) is 0 Å². The van der Waals surface area contributed by atoms with Crippen LogP contribution in [-0.2, 0) is 11.3 Å². The normalized spacial score (nSPS) is 11.0. The number of nitrogens with zero attached hydrogens (tertiary/aromatic N) is 1. The number of carbonyl (C=O) groups excluding carboxylic acids is 2. The molecule has 0 atom stereocenters. The van der Waals surface area contributed by atoms with Crippen molar-refractivity contribution in [3.8, 4) is 0 Å². The Kier molecular flexibility index (Phi) is 6.19. The van der Waals surface area contributed by atoms with Crippen LogP contribution < -0.4 is 10.7 Å². The number of carbonyl (C=O) groups is 2. The molecule has 2 aromatic rings. The molecule has 0 unspecified atom stereocenters. The smallest absolute Gasteiger partial charge is 0.271 e. The molecule has 0 aliphatic rings. The van der Waals surface area contributed by atoms with Crippen LogP contribution in [0, 0.1) is 5.82 Å². The zero-order valence-electron chi connectivity index (χ0n) is 13.3. The van der Waals surface area contributed by atoms with Gasteiger partial charge in [0.1, 0.15) is 5.82 Å². The average molecular weight is 327 g/mol. The Balaban J connectivity index is 1.78. The third-order valence-corrected chi connectivity index (χ3v) is 3.20. The number of hydrogen-bond acceptors (Lipinski definition) is 3. The van der Waals surface area contributed by atoms with Crippen LogP contribution in [-0.4, -0.2) is 17.5 Å². The minimum atomic E-state index is -0.332. The SMILES string of the molecule is C/C(CC(=O)NCc1ccc(F)cc1)=N\NC(=O)c1ccccc1. The first kappa shape index (κ1) is 17.3. The van der Waals surface area contributed by atoms with Gasteiger partial charge in [0.15, 0.2) is 0 Å². The second kappa shape index (κ2) is 8.57. The summed E-state index contributed by atoms with van der Waals surface area (Å²) in [5.74, 6) is -0.876. The molecule has 0 aliphatic carbocycles. The Hall–Kier alpha value is -3.02. The summed E-state index contributed by atoms with van der Waals surface area (Å²) in [6, 6.07) is 14.6. The van der Waals surface area contributed by atoms with Crippen LogP contribution in [0.3, 0.4) is 0 Å². The number of nitrogens with one attached hydrogen (secondary N) is 2. The zero-order valence-corrected chi connectivity index (χ0v) is 13.3. The lowest BCUT2D eigenvalue weighted by Gasteiger charge is -2.06. The average Bonchev–Trinajstić information content (AvgIpc) is 2.60. The fraction of sp³-hybridized carbons (Fsp3) is 0.167. The summed E-state index contributed by atoms with van der Waals surface area (Å²) < 4.78 is 12.8. The van der Waals surface area contributed by atoms with E-state index in [-0.39, 0.29) is 24.1 Å². The summed E-state index contributed by atoms with van der Waals surface area (Å²) in [4.78, 5) is 23.7. The van der Waals surface area contributed by atoms with Crippen LogP contribution in [0.5, 0.6) is 0 Å². The van der Waals surface area contributed by atoms with Gasteiger partial charge < -0.3 is 5.32 Å². The van der Waals surface area contributed by atoms with Crippen LogP contribution in [0.15, 0.2) is 59.7 Å². The zero-order chi connectivity index (χ0) is 17.4. The van der Waals surface area contributed by atoms with E-state index in [0.717, 1.165) is 5.56 Å². The van der Waals surface area contributed by atoms with Gasteiger partial charge in [-0.3, -0.25) is 9.59 Å². The molecule has 5 nitrogen and oxygen atoms in total. The number of halogens is 1. The van der Waals surface area contributed by atoms with Crippen molar-refractivity contribution in [2.24, 2.45) is 5.10 Å². The Morgan fingerprint density at radius 3 is 2.38 bits per heavy atom. The quantitative estimate of drug-likeness (QED) is 0.632. The molecule has 24 heavy (non-hydrogen) atoms. The lowest BCUT2D eigenvalue weighted by atomic mass is 10.2. The van der Waals surface area contributed by atoms with Crippen molar-refractivity contribution in [1.82, 2.24) is 10.7 Å². The third-order valence-electron chi connectivity index (χ3n) is 3.20. The van der Waals surface area contributed by atoms with Crippen molar-refractivity contribution >= 4 is 17.5 Å². The van der Waals surface area contributed by atoms with E-state index in [1.54, 1.807) is 43.3 Å². The minimum Gasteiger partial charge on any atom is -0.352 e. The monoisotopic (exact) mass is 327 g/mol. The molecule has 2 amide bonds. The molecule has 0 fully saturated rings. The van der Waals surface area contributed by atoms with Gasteiger partial charge in [-0.1, -0.05) is 30.3 Å². The Morgan fingerprint density at radius 1 is 1.04 bits per heavy atom.